The highest BCUT2D eigenvalue weighted by Crippen LogP contribution is 2.40. The van der Waals surface area contributed by atoms with E-state index in [-0.39, 0.29) is 6.04 Å². The summed E-state index contributed by atoms with van der Waals surface area (Å²) in [5, 5.41) is 11.5. The number of carbonyl (C=O) groups excluding carboxylic acids is 1. The Morgan fingerprint density at radius 2 is 1.50 bits per heavy atom. The zero-order chi connectivity index (χ0) is 19.1. The number of hydrazone groups is 1. The van der Waals surface area contributed by atoms with Crippen LogP contribution in [0, 0.1) is 0 Å². The molecule has 0 bridgehead atoms. The number of benzene rings is 4. The number of carbonyl (C=O) groups is 1. The Morgan fingerprint density at radius 3 is 2.11 bits per heavy atom. The summed E-state index contributed by atoms with van der Waals surface area (Å²) in [6.45, 7) is 0. The Kier molecular flexibility index (Phi) is 4.10. The molecule has 0 fully saturated rings. The van der Waals surface area contributed by atoms with Crippen molar-refractivity contribution in [1.29, 1.82) is 0 Å². The Labute approximate surface area is 167 Å². The van der Waals surface area contributed by atoms with E-state index in [0.29, 0.717) is 11.4 Å². The predicted octanol–water partition coefficient (Wildman–Crippen LogP) is 5.95. The topological polar surface area (TPSA) is 32.7 Å². The summed E-state index contributed by atoms with van der Waals surface area (Å²) < 4.78 is 0. The summed E-state index contributed by atoms with van der Waals surface area (Å²) in [6.07, 6.45) is 1.49. The number of halogens is 1. The van der Waals surface area contributed by atoms with Gasteiger partial charge in [0.25, 0.3) is 0 Å². The Balaban J connectivity index is 1.69. The number of fused-ring (bicyclic) bond motifs is 2. The number of amides is 1. The highest BCUT2D eigenvalue weighted by atomic mass is 35.5. The quantitative estimate of drug-likeness (QED) is 0.317. The molecule has 4 heteroatoms. The maximum atomic E-state index is 11.9. The highest BCUT2D eigenvalue weighted by molar-refractivity contribution is 6.30. The lowest BCUT2D eigenvalue weighted by molar-refractivity contribution is -0.119. The van der Waals surface area contributed by atoms with Crippen molar-refractivity contribution in [2.75, 3.05) is 0 Å². The van der Waals surface area contributed by atoms with Crippen LogP contribution in [0.2, 0.25) is 5.02 Å². The van der Waals surface area contributed by atoms with Crippen LogP contribution in [0.3, 0.4) is 0 Å². The Bertz CT molecular complexity index is 1180. The van der Waals surface area contributed by atoms with Crippen molar-refractivity contribution < 1.29 is 4.79 Å². The number of nitrogens with zero attached hydrogens (tertiary/aromatic N) is 2. The summed E-state index contributed by atoms with van der Waals surface area (Å²) in [6, 6.07) is 26.3. The van der Waals surface area contributed by atoms with Gasteiger partial charge in [-0.3, -0.25) is 4.79 Å². The van der Waals surface area contributed by atoms with Crippen LogP contribution in [0.15, 0.2) is 84.0 Å². The van der Waals surface area contributed by atoms with Crippen molar-refractivity contribution in [3.63, 3.8) is 0 Å². The lowest BCUT2D eigenvalue weighted by atomic mass is 9.89. The molecule has 0 radical (unpaired) electrons. The van der Waals surface area contributed by atoms with Crippen LogP contribution in [-0.2, 0) is 4.79 Å². The van der Waals surface area contributed by atoms with E-state index in [0.717, 1.165) is 34.0 Å². The summed E-state index contributed by atoms with van der Waals surface area (Å²) in [5.41, 5.74) is 3.03. The van der Waals surface area contributed by atoms with Gasteiger partial charge in [0, 0.05) is 11.4 Å². The molecule has 0 N–H and O–H groups in total. The molecule has 0 aromatic heterocycles. The molecule has 4 aromatic carbocycles. The van der Waals surface area contributed by atoms with Crippen molar-refractivity contribution in [3.05, 3.63) is 95.0 Å². The Morgan fingerprint density at radius 1 is 0.893 bits per heavy atom. The van der Waals surface area contributed by atoms with Crippen molar-refractivity contribution in [2.45, 2.75) is 12.5 Å². The monoisotopic (exact) mass is 384 g/mol. The van der Waals surface area contributed by atoms with Gasteiger partial charge < -0.3 is 0 Å². The largest absolute Gasteiger partial charge is 0.277 e. The maximum Gasteiger partial charge on any atom is 0.230 e. The molecule has 0 aliphatic carbocycles. The first kappa shape index (κ1) is 17.0. The highest BCUT2D eigenvalue weighted by Gasteiger charge is 2.31. The first-order chi connectivity index (χ1) is 13.7. The second-order valence-electron chi connectivity index (χ2n) is 6.99. The molecular weight excluding hydrogens is 368 g/mol. The van der Waals surface area contributed by atoms with Crippen LogP contribution in [0.1, 0.15) is 23.6 Å². The average Bonchev–Trinajstić information content (AvgIpc) is 3.16. The molecule has 0 saturated carbocycles. The molecular formula is C24H17ClN2O. The summed E-state index contributed by atoms with van der Waals surface area (Å²) in [5.74, 6) is 0. The van der Waals surface area contributed by atoms with E-state index in [4.69, 9.17) is 11.6 Å². The van der Waals surface area contributed by atoms with E-state index in [1.165, 1.54) is 10.8 Å². The van der Waals surface area contributed by atoms with Crippen molar-refractivity contribution >= 4 is 45.3 Å². The van der Waals surface area contributed by atoms with Gasteiger partial charge in [0.1, 0.15) is 0 Å². The minimum atomic E-state index is -0.140. The molecule has 136 valence electrons. The molecule has 1 aliphatic heterocycles. The van der Waals surface area contributed by atoms with Crippen LogP contribution in [0.25, 0.3) is 21.5 Å². The van der Waals surface area contributed by atoms with Crippen LogP contribution < -0.4 is 0 Å². The molecule has 1 heterocycles. The van der Waals surface area contributed by atoms with Crippen LogP contribution in [-0.4, -0.2) is 17.1 Å². The number of hydrogen-bond acceptors (Lipinski definition) is 2. The fourth-order valence-corrected chi connectivity index (χ4v) is 4.21. The van der Waals surface area contributed by atoms with Crippen LogP contribution >= 0.6 is 11.6 Å². The maximum absolute atomic E-state index is 11.9. The van der Waals surface area contributed by atoms with Gasteiger partial charge in [0.2, 0.25) is 6.41 Å². The van der Waals surface area contributed by atoms with Crippen molar-refractivity contribution in [1.82, 2.24) is 5.01 Å². The molecule has 1 unspecified atom stereocenters. The van der Waals surface area contributed by atoms with Gasteiger partial charge in [-0.1, -0.05) is 72.3 Å². The van der Waals surface area contributed by atoms with Crippen molar-refractivity contribution in [3.8, 4) is 0 Å². The van der Waals surface area contributed by atoms with E-state index in [2.05, 4.69) is 35.4 Å². The van der Waals surface area contributed by atoms with Gasteiger partial charge in [-0.05, 0) is 50.9 Å². The fourth-order valence-electron chi connectivity index (χ4n) is 4.08. The van der Waals surface area contributed by atoms with E-state index < -0.39 is 0 Å². The summed E-state index contributed by atoms with van der Waals surface area (Å²) >= 11 is 6.02. The molecule has 0 spiro atoms. The summed E-state index contributed by atoms with van der Waals surface area (Å²) in [4.78, 5) is 11.9. The third-order valence-electron chi connectivity index (χ3n) is 5.37. The third-order valence-corrected chi connectivity index (χ3v) is 5.63. The first-order valence-electron chi connectivity index (χ1n) is 9.22. The molecule has 28 heavy (non-hydrogen) atoms. The van der Waals surface area contributed by atoms with Crippen LogP contribution in [0.5, 0.6) is 0 Å². The van der Waals surface area contributed by atoms with Gasteiger partial charge in [-0.2, -0.15) is 5.10 Å². The molecule has 1 aliphatic rings. The molecule has 1 atom stereocenters. The minimum absolute atomic E-state index is 0.140. The van der Waals surface area contributed by atoms with Gasteiger partial charge in [-0.25, -0.2) is 5.01 Å². The molecule has 5 rings (SSSR count). The lowest BCUT2D eigenvalue weighted by Gasteiger charge is -2.22. The smallest absolute Gasteiger partial charge is 0.230 e. The molecule has 3 nitrogen and oxygen atoms in total. The SMILES string of the molecule is O=CN1N=C(c2ccc(Cl)cc2)CC1c1c2ccccc2cc2ccccc12. The zero-order valence-corrected chi connectivity index (χ0v) is 15.8. The minimum Gasteiger partial charge on any atom is -0.277 e. The van der Waals surface area contributed by atoms with E-state index >= 15 is 0 Å². The first-order valence-corrected chi connectivity index (χ1v) is 9.60. The standard InChI is InChI=1S/C24H17ClN2O/c25-19-11-9-16(10-12-19)22-14-23(27(15-28)26-22)24-20-7-3-1-5-17(20)13-18-6-2-4-8-21(18)24/h1-13,15,23H,14H2. The molecule has 4 aromatic rings. The normalized spacial score (nSPS) is 16.5. The summed E-state index contributed by atoms with van der Waals surface area (Å²) in [7, 11) is 0. The number of hydrogen-bond donors (Lipinski definition) is 0. The fraction of sp³-hybridized carbons (Fsp3) is 0.0833. The average molecular weight is 385 g/mol. The zero-order valence-electron chi connectivity index (χ0n) is 15.0. The van der Waals surface area contributed by atoms with Gasteiger partial charge in [-0.15, -0.1) is 0 Å². The lowest BCUT2D eigenvalue weighted by Crippen LogP contribution is -2.18. The third kappa shape index (κ3) is 2.76. The second-order valence-corrected chi connectivity index (χ2v) is 7.43. The molecule has 1 amide bonds. The van der Waals surface area contributed by atoms with Crippen LogP contribution in [0.4, 0.5) is 0 Å². The van der Waals surface area contributed by atoms with E-state index in [1.54, 1.807) is 5.01 Å². The molecule has 0 saturated heterocycles. The second kappa shape index (κ2) is 6.77. The van der Waals surface area contributed by atoms with E-state index in [1.807, 2.05) is 48.5 Å². The van der Waals surface area contributed by atoms with Gasteiger partial charge in [0.05, 0.1) is 11.8 Å². The van der Waals surface area contributed by atoms with Gasteiger partial charge >= 0.3 is 0 Å². The van der Waals surface area contributed by atoms with Gasteiger partial charge in [0.15, 0.2) is 0 Å². The predicted molar refractivity (Wildman–Crippen MR) is 115 cm³/mol. The Hall–Kier alpha value is -3.17. The number of rotatable bonds is 3. The van der Waals surface area contributed by atoms with Crippen molar-refractivity contribution in [2.24, 2.45) is 5.10 Å². The van der Waals surface area contributed by atoms with E-state index in [9.17, 15) is 4.79 Å².